The predicted octanol–water partition coefficient (Wildman–Crippen LogP) is 4.15. The number of carbonyl (C=O) groups excluding carboxylic acids is 1. The van der Waals surface area contributed by atoms with Crippen LogP contribution in [0.25, 0.3) is 0 Å². The first kappa shape index (κ1) is 12.5. The topological polar surface area (TPSA) is 17.1 Å². The number of rotatable bonds is 4. The normalized spacial score (nSPS) is 12.5. The number of carbonyl (C=O) groups is 1. The van der Waals surface area contributed by atoms with Crippen LogP contribution >= 0.6 is 23.2 Å². The molecule has 0 heterocycles. The van der Waals surface area contributed by atoms with Crippen LogP contribution in [-0.2, 0) is 11.2 Å². The number of Topliss-reactive ketones (excluding diaryl/α,β-unsaturated/α-hetero) is 1. The first-order valence-electron chi connectivity index (χ1n) is 4.93. The van der Waals surface area contributed by atoms with Crippen LogP contribution in [0.4, 0.5) is 0 Å². The second kappa shape index (κ2) is 5.53. The molecule has 0 amide bonds. The Morgan fingerprint density at radius 3 is 2.67 bits per heavy atom. The highest BCUT2D eigenvalue weighted by Gasteiger charge is 2.10. The zero-order valence-electron chi connectivity index (χ0n) is 8.89. The number of halogens is 2. The Bertz CT molecular complexity index is 361. The lowest BCUT2D eigenvalue weighted by Crippen LogP contribution is -2.05. The van der Waals surface area contributed by atoms with Gasteiger partial charge in [-0.2, -0.15) is 0 Å². The molecule has 15 heavy (non-hydrogen) atoms. The third-order valence-corrected chi connectivity index (χ3v) is 3.09. The summed E-state index contributed by atoms with van der Waals surface area (Å²) in [7, 11) is 0. The van der Waals surface area contributed by atoms with Gasteiger partial charge < -0.3 is 4.79 Å². The number of ketones is 1. The maximum atomic E-state index is 10.9. The fourth-order valence-corrected chi connectivity index (χ4v) is 2.04. The molecule has 1 aromatic carbocycles. The van der Waals surface area contributed by atoms with Gasteiger partial charge in [0.1, 0.15) is 5.78 Å². The minimum Gasteiger partial charge on any atom is -0.300 e. The molecule has 82 valence electrons. The highest BCUT2D eigenvalue weighted by molar-refractivity contribution is 6.42. The molecule has 0 aliphatic carbocycles. The van der Waals surface area contributed by atoms with Gasteiger partial charge in [0.2, 0.25) is 0 Å². The molecule has 0 radical (unpaired) electrons. The summed E-state index contributed by atoms with van der Waals surface area (Å²) in [5.74, 6) is 0.513. The fraction of sp³-hybridized carbons (Fsp3) is 0.417. The minimum atomic E-state index is 0.209. The Morgan fingerprint density at radius 1 is 1.40 bits per heavy atom. The molecule has 0 saturated carbocycles. The highest BCUT2D eigenvalue weighted by atomic mass is 35.5. The van der Waals surface area contributed by atoms with Gasteiger partial charge in [0, 0.05) is 6.42 Å². The van der Waals surface area contributed by atoms with Crippen LogP contribution in [0.3, 0.4) is 0 Å². The van der Waals surface area contributed by atoms with Crippen LogP contribution in [0.2, 0.25) is 10.0 Å². The molecule has 0 bridgehead atoms. The Labute approximate surface area is 100 Å². The number of hydrogen-bond donors (Lipinski definition) is 0. The van der Waals surface area contributed by atoms with E-state index < -0.39 is 0 Å². The van der Waals surface area contributed by atoms with E-state index in [9.17, 15) is 4.79 Å². The van der Waals surface area contributed by atoms with Crippen molar-refractivity contribution < 1.29 is 4.79 Å². The van der Waals surface area contributed by atoms with E-state index in [1.807, 2.05) is 19.1 Å². The Morgan fingerprint density at radius 2 is 2.07 bits per heavy atom. The van der Waals surface area contributed by atoms with E-state index in [1.165, 1.54) is 0 Å². The number of benzene rings is 1. The first-order chi connectivity index (χ1) is 7.00. The van der Waals surface area contributed by atoms with Crippen molar-refractivity contribution in [2.45, 2.75) is 26.7 Å². The van der Waals surface area contributed by atoms with Crippen molar-refractivity contribution in [1.82, 2.24) is 0 Å². The lowest BCUT2D eigenvalue weighted by atomic mass is 9.96. The number of hydrogen-bond acceptors (Lipinski definition) is 1. The first-order valence-corrected chi connectivity index (χ1v) is 5.68. The SMILES string of the molecule is CC(=O)CC(C)Cc1cccc(Cl)c1Cl. The van der Waals surface area contributed by atoms with Gasteiger partial charge in [-0.05, 0) is 30.9 Å². The van der Waals surface area contributed by atoms with E-state index in [-0.39, 0.29) is 5.78 Å². The average molecular weight is 245 g/mol. The molecule has 0 aliphatic rings. The maximum absolute atomic E-state index is 10.9. The van der Waals surface area contributed by atoms with Crippen LogP contribution in [0.1, 0.15) is 25.8 Å². The summed E-state index contributed by atoms with van der Waals surface area (Å²) in [4.78, 5) is 10.9. The molecular weight excluding hydrogens is 231 g/mol. The zero-order chi connectivity index (χ0) is 11.4. The molecule has 0 N–H and O–H groups in total. The summed E-state index contributed by atoms with van der Waals surface area (Å²) in [6.07, 6.45) is 1.38. The quantitative estimate of drug-likeness (QED) is 0.778. The standard InChI is InChI=1S/C12H14Cl2O/c1-8(6-9(2)15)7-10-4-3-5-11(13)12(10)14/h3-5,8H,6-7H2,1-2H3. The van der Waals surface area contributed by atoms with Crippen molar-refractivity contribution in [1.29, 1.82) is 0 Å². The van der Waals surface area contributed by atoms with Crippen LogP contribution in [-0.4, -0.2) is 5.78 Å². The highest BCUT2D eigenvalue weighted by Crippen LogP contribution is 2.27. The third-order valence-electron chi connectivity index (χ3n) is 2.24. The smallest absolute Gasteiger partial charge is 0.130 e. The largest absolute Gasteiger partial charge is 0.300 e. The van der Waals surface area contributed by atoms with Gasteiger partial charge in [0.05, 0.1) is 10.0 Å². The molecule has 1 nitrogen and oxygen atoms in total. The van der Waals surface area contributed by atoms with Crippen LogP contribution in [0.15, 0.2) is 18.2 Å². The van der Waals surface area contributed by atoms with Gasteiger partial charge in [-0.1, -0.05) is 42.3 Å². The van der Waals surface area contributed by atoms with Crippen molar-refractivity contribution in [3.05, 3.63) is 33.8 Å². The summed E-state index contributed by atoms with van der Waals surface area (Å²) < 4.78 is 0. The van der Waals surface area contributed by atoms with E-state index in [0.717, 1.165) is 12.0 Å². The summed E-state index contributed by atoms with van der Waals surface area (Å²) in [5, 5.41) is 1.18. The summed E-state index contributed by atoms with van der Waals surface area (Å²) in [6, 6.07) is 5.60. The second-order valence-electron chi connectivity index (χ2n) is 3.93. The molecule has 0 saturated heterocycles. The van der Waals surface area contributed by atoms with E-state index in [4.69, 9.17) is 23.2 Å². The lowest BCUT2D eigenvalue weighted by molar-refractivity contribution is -0.117. The van der Waals surface area contributed by atoms with E-state index in [0.29, 0.717) is 22.4 Å². The monoisotopic (exact) mass is 244 g/mol. The van der Waals surface area contributed by atoms with E-state index in [2.05, 4.69) is 0 Å². The fourth-order valence-electron chi connectivity index (χ4n) is 1.64. The van der Waals surface area contributed by atoms with Gasteiger partial charge in [-0.15, -0.1) is 0 Å². The molecule has 1 rings (SSSR count). The van der Waals surface area contributed by atoms with Crippen molar-refractivity contribution >= 4 is 29.0 Å². The van der Waals surface area contributed by atoms with Gasteiger partial charge in [0.25, 0.3) is 0 Å². The zero-order valence-corrected chi connectivity index (χ0v) is 10.4. The van der Waals surface area contributed by atoms with E-state index in [1.54, 1.807) is 13.0 Å². The molecule has 1 atom stereocenters. The molecule has 0 spiro atoms. The van der Waals surface area contributed by atoms with Crippen LogP contribution in [0, 0.1) is 5.92 Å². The van der Waals surface area contributed by atoms with E-state index >= 15 is 0 Å². The van der Waals surface area contributed by atoms with Gasteiger partial charge in [0.15, 0.2) is 0 Å². The predicted molar refractivity (Wildman–Crippen MR) is 64.6 cm³/mol. The second-order valence-corrected chi connectivity index (χ2v) is 4.71. The molecule has 1 unspecified atom stereocenters. The summed E-state index contributed by atoms with van der Waals surface area (Å²) >= 11 is 12.0. The van der Waals surface area contributed by atoms with Gasteiger partial charge in [-0.3, -0.25) is 0 Å². The van der Waals surface area contributed by atoms with Crippen molar-refractivity contribution in [3.8, 4) is 0 Å². The van der Waals surface area contributed by atoms with Crippen molar-refractivity contribution in [2.75, 3.05) is 0 Å². The Hall–Kier alpha value is -0.530. The minimum absolute atomic E-state index is 0.209. The molecular formula is C12H14Cl2O. The maximum Gasteiger partial charge on any atom is 0.130 e. The summed E-state index contributed by atoms with van der Waals surface area (Å²) in [6.45, 7) is 3.65. The van der Waals surface area contributed by atoms with Crippen molar-refractivity contribution in [3.63, 3.8) is 0 Å². The molecule has 0 fully saturated rings. The van der Waals surface area contributed by atoms with Crippen LogP contribution < -0.4 is 0 Å². The molecule has 1 aromatic rings. The van der Waals surface area contributed by atoms with Gasteiger partial charge in [-0.25, -0.2) is 0 Å². The third kappa shape index (κ3) is 3.84. The van der Waals surface area contributed by atoms with Gasteiger partial charge >= 0.3 is 0 Å². The van der Waals surface area contributed by atoms with Crippen LogP contribution in [0.5, 0.6) is 0 Å². The average Bonchev–Trinajstić information content (AvgIpc) is 2.11. The Kier molecular flexibility index (Phi) is 4.62. The van der Waals surface area contributed by atoms with Crippen molar-refractivity contribution in [2.24, 2.45) is 5.92 Å². The Balaban J connectivity index is 2.72. The molecule has 0 aliphatic heterocycles. The lowest BCUT2D eigenvalue weighted by Gasteiger charge is -2.11. The molecule has 3 heteroatoms. The molecule has 0 aromatic heterocycles. The summed E-state index contributed by atoms with van der Waals surface area (Å²) in [5.41, 5.74) is 1.01.